The molecular formula is C32H30ClN3O4. The standard InChI is InChI=1S/C32H30ClN3O4/c1-19-3-9-22(10-4-19)28-30(38)34-18-32-16-15-25(40-32)26(29(37)35-24-13-5-20(2)6-14-24)27(32)31(39)36(28)17-21-7-11-23(33)12-8-21/h3-16,25-28H,17-18H2,1-2H3,(H,34,38)(H,35,37). The van der Waals surface area contributed by atoms with Crippen LogP contribution in [0.25, 0.3) is 0 Å². The van der Waals surface area contributed by atoms with Crippen molar-refractivity contribution in [2.24, 2.45) is 11.8 Å². The molecule has 2 fully saturated rings. The molecule has 3 heterocycles. The molecule has 3 aliphatic heterocycles. The SMILES string of the molecule is Cc1ccc(NC(=O)C2C3C=CC4(CNC(=O)C(c5ccc(C)cc5)N(Cc5ccc(Cl)cc5)C(=O)C24)O3)cc1. The second-order valence-corrected chi connectivity index (χ2v) is 11.3. The smallest absolute Gasteiger partial charge is 0.247 e. The molecule has 1 spiro atoms. The van der Waals surface area contributed by atoms with Gasteiger partial charge in [-0.2, -0.15) is 0 Å². The van der Waals surface area contributed by atoms with Gasteiger partial charge in [0.15, 0.2) is 0 Å². The predicted molar refractivity (Wildman–Crippen MR) is 152 cm³/mol. The van der Waals surface area contributed by atoms with Gasteiger partial charge in [0.1, 0.15) is 11.6 Å². The molecule has 3 aromatic carbocycles. The summed E-state index contributed by atoms with van der Waals surface area (Å²) in [6, 6.07) is 21.4. The maximum atomic E-state index is 14.7. The van der Waals surface area contributed by atoms with Crippen LogP contribution < -0.4 is 10.6 Å². The summed E-state index contributed by atoms with van der Waals surface area (Å²) < 4.78 is 6.33. The third-order valence-corrected chi connectivity index (χ3v) is 8.34. The molecule has 5 atom stereocenters. The first-order valence-corrected chi connectivity index (χ1v) is 13.8. The average Bonchev–Trinajstić information content (AvgIpc) is 3.51. The zero-order valence-corrected chi connectivity index (χ0v) is 23.0. The van der Waals surface area contributed by atoms with Crippen LogP contribution in [-0.2, 0) is 25.7 Å². The molecule has 8 heteroatoms. The van der Waals surface area contributed by atoms with Crippen LogP contribution in [0, 0.1) is 25.7 Å². The maximum absolute atomic E-state index is 14.7. The number of aryl methyl sites for hydroxylation is 2. The minimum Gasteiger partial charge on any atom is -0.360 e. The van der Waals surface area contributed by atoms with Crippen LogP contribution in [-0.4, -0.2) is 40.9 Å². The van der Waals surface area contributed by atoms with Crippen molar-refractivity contribution in [2.75, 3.05) is 11.9 Å². The zero-order chi connectivity index (χ0) is 28.0. The van der Waals surface area contributed by atoms with E-state index in [1.165, 1.54) is 0 Å². The van der Waals surface area contributed by atoms with Crippen LogP contribution >= 0.6 is 11.6 Å². The van der Waals surface area contributed by atoms with Gasteiger partial charge in [-0.25, -0.2) is 0 Å². The Hall–Kier alpha value is -3.94. The van der Waals surface area contributed by atoms with Crippen molar-refractivity contribution >= 4 is 35.0 Å². The molecule has 204 valence electrons. The predicted octanol–water partition coefficient (Wildman–Crippen LogP) is 4.74. The molecule has 2 bridgehead atoms. The van der Waals surface area contributed by atoms with Gasteiger partial charge < -0.3 is 20.3 Å². The topological polar surface area (TPSA) is 87.7 Å². The molecule has 40 heavy (non-hydrogen) atoms. The summed E-state index contributed by atoms with van der Waals surface area (Å²) in [6.45, 7) is 4.21. The van der Waals surface area contributed by atoms with Gasteiger partial charge in [-0.05, 0) is 49.2 Å². The lowest BCUT2D eigenvalue weighted by molar-refractivity contribution is -0.153. The van der Waals surface area contributed by atoms with Crippen LogP contribution in [0.4, 0.5) is 5.69 Å². The lowest BCUT2D eigenvalue weighted by atomic mass is 9.73. The molecule has 0 aliphatic carbocycles. The number of benzene rings is 3. The van der Waals surface area contributed by atoms with Crippen LogP contribution in [0.15, 0.2) is 84.9 Å². The summed E-state index contributed by atoms with van der Waals surface area (Å²) in [5.74, 6) is -2.48. The summed E-state index contributed by atoms with van der Waals surface area (Å²) >= 11 is 6.12. The van der Waals surface area contributed by atoms with Gasteiger partial charge in [-0.15, -0.1) is 0 Å². The fraction of sp³-hybridized carbons (Fsp3) is 0.281. The minimum atomic E-state index is -1.11. The van der Waals surface area contributed by atoms with Gasteiger partial charge >= 0.3 is 0 Å². The van der Waals surface area contributed by atoms with Crippen molar-refractivity contribution in [3.8, 4) is 0 Å². The van der Waals surface area contributed by atoms with Crippen molar-refractivity contribution in [3.63, 3.8) is 0 Å². The van der Waals surface area contributed by atoms with E-state index in [-0.39, 0.29) is 30.8 Å². The average molecular weight is 556 g/mol. The summed E-state index contributed by atoms with van der Waals surface area (Å²) in [5.41, 5.74) is 3.18. The Morgan fingerprint density at radius 2 is 1.65 bits per heavy atom. The van der Waals surface area contributed by atoms with Crippen molar-refractivity contribution in [3.05, 3.63) is 112 Å². The Balaban J connectivity index is 1.41. The number of carbonyl (C=O) groups is 3. The molecule has 6 rings (SSSR count). The number of fused-ring (bicyclic) bond motifs is 1. The van der Waals surface area contributed by atoms with Crippen LogP contribution in [0.2, 0.25) is 5.02 Å². The van der Waals surface area contributed by atoms with Crippen LogP contribution in [0.5, 0.6) is 0 Å². The van der Waals surface area contributed by atoms with Crippen LogP contribution in [0.3, 0.4) is 0 Å². The lowest BCUT2D eigenvalue weighted by Crippen LogP contribution is -2.59. The second kappa shape index (κ2) is 10.2. The number of nitrogens with one attached hydrogen (secondary N) is 2. The van der Waals surface area contributed by atoms with E-state index in [2.05, 4.69) is 10.6 Å². The molecule has 0 saturated carbocycles. The molecule has 0 radical (unpaired) electrons. The zero-order valence-electron chi connectivity index (χ0n) is 22.3. The first-order chi connectivity index (χ1) is 19.2. The highest BCUT2D eigenvalue weighted by atomic mass is 35.5. The minimum absolute atomic E-state index is 0.0979. The fourth-order valence-corrected chi connectivity index (χ4v) is 6.12. The quantitative estimate of drug-likeness (QED) is 0.445. The highest BCUT2D eigenvalue weighted by molar-refractivity contribution is 6.30. The third kappa shape index (κ3) is 4.69. The molecule has 3 amide bonds. The number of hydrogen-bond acceptors (Lipinski definition) is 4. The summed E-state index contributed by atoms with van der Waals surface area (Å²) in [6.07, 6.45) is 3.09. The Kier molecular flexibility index (Phi) is 6.72. The number of ether oxygens (including phenoxy) is 1. The van der Waals surface area contributed by atoms with E-state index in [1.807, 2.05) is 86.7 Å². The summed E-state index contributed by atoms with van der Waals surface area (Å²) in [4.78, 5) is 43.7. The number of rotatable bonds is 5. The summed E-state index contributed by atoms with van der Waals surface area (Å²) in [5, 5.41) is 6.60. The lowest BCUT2D eigenvalue weighted by Gasteiger charge is -2.42. The van der Waals surface area contributed by atoms with E-state index in [9.17, 15) is 14.4 Å². The summed E-state index contributed by atoms with van der Waals surface area (Å²) in [7, 11) is 0. The number of amides is 3. The van der Waals surface area contributed by atoms with E-state index in [1.54, 1.807) is 17.0 Å². The van der Waals surface area contributed by atoms with Crippen molar-refractivity contribution < 1.29 is 19.1 Å². The second-order valence-electron chi connectivity index (χ2n) is 10.9. The van der Waals surface area contributed by atoms with Crippen molar-refractivity contribution in [2.45, 2.75) is 38.1 Å². The van der Waals surface area contributed by atoms with Gasteiger partial charge in [-0.1, -0.05) is 83.4 Å². The Labute approximate surface area is 238 Å². The highest BCUT2D eigenvalue weighted by Crippen LogP contribution is 2.49. The number of anilines is 1. The molecule has 5 unspecified atom stereocenters. The van der Waals surface area contributed by atoms with Gasteiger partial charge in [0.2, 0.25) is 17.7 Å². The van der Waals surface area contributed by atoms with Crippen molar-refractivity contribution in [1.29, 1.82) is 0 Å². The molecule has 2 saturated heterocycles. The molecular weight excluding hydrogens is 526 g/mol. The molecule has 2 N–H and O–H groups in total. The van der Waals surface area contributed by atoms with Gasteiger partial charge in [0, 0.05) is 17.3 Å². The monoisotopic (exact) mass is 555 g/mol. The van der Waals surface area contributed by atoms with E-state index in [4.69, 9.17) is 16.3 Å². The van der Waals surface area contributed by atoms with Gasteiger partial charge in [0.25, 0.3) is 0 Å². The van der Waals surface area contributed by atoms with E-state index in [0.29, 0.717) is 16.3 Å². The number of nitrogens with zero attached hydrogens (tertiary/aromatic N) is 1. The first-order valence-electron chi connectivity index (χ1n) is 13.4. The highest BCUT2D eigenvalue weighted by Gasteiger charge is 2.64. The molecule has 3 aliphatic rings. The number of carbonyl (C=O) groups excluding carboxylic acids is 3. The Morgan fingerprint density at radius 1 is 1.00 bits per heavy atom. The van der Waals surface area contributed by atoms with Gasteiger partial charge in [0.05, 0.1) is 24.5 Å². The fourth-order valence-electron chi connectivity index (χ4n) is 5.99. The largest absolute Gasteiger partial charge is 0.360 e. The van der Waals surface area contributed by atoms with E-state index >= 15 is 0 Å². The third-order valence-electron chi connectivity index (χ3n) is 8.09. The van der Waals surface area contributed by atoms with Crippen LogP contribution in [0.1, 0.15) is 28.3 Å². The maximum Gasteiger partial charge on any atom is 0.247 e. The molecule has 0 aromatic heterocycles. The first kappa shape index (κ1) is 26.3. The Morgan fingerprint density at radius 3 is 2.33 bits per heavy atom. The number of hydrogen-bond donors (Lipinski definition) is 2. The molecule has 3 aromatic rings. The Bertz CT molecular complexity index is 1490. The number of halogens is 1. The van der Waals surface area contributed by atoms with E-state index < -0.39 is 29.6 Å². The van der Waals surface area contributed by atoms with Gasteiger partial charge in [-0.3, -0.25) is 14.4 Å². The van der Waals surface area contributed by atoms with E-state index in [0.717, 1.165) is 16.7 Å². The normalized spacial score (nSPS) is 27.1. The molecule has 7 nitrogen and oxygen atoms in total. The van der Waals surface area contributed by atoms with Crippen molar-refractivity contribution in [1.82, 2.24) is 10.2 Å².